The van der Waals surface area contributed by atoms with Crippen molar-refractivity contribution in [2.75, 3.05) is 20.3 Å². The zero-order chi connectivity index (χ0) is 21.8. The van der Waals surface area contributed by atoms with Crippen molar-refractivity contribution in [3.05, 3.63) is 71.5 Å². The summed E-state index contributed by atoms with van der Waals surface area (Å²) in [6.45, 7) is 1.04. The van der Waals surface area contributed by atoms with Gasteiger partial charge >= 0.3 is 6.03 Å². The van der Waals surface area contributed by atoms with Crippen LogP contribution < -0.4 is 0 Å². The number of ether oxygens (including phenoxy) is 1. The molecule has 2 atom stereocenters. The lowest BCUT2D eigenvalue weighted by molar-refractivity contribution is 0.145. The number of amidine groups is 1. The van der Waals surface area contributed by atoms with Gasteiger partial charge in [-0.25, -0.2) is 18.6 Å². The van der Waals surface area contributed by atoms with Crippen LogP contribution in [0.3, 0.4) is 0 Å². The molecule has 7 heteroatoms. The van der Waals surface area contributed by atoms with E-state index >= 15 is 0 Å². The Morgan fingerprint density at radius 2 is 1.97 bits per heavy atom. The minimum Gasteiger partial charge on any atom is -0.383 e. The summed E-state index contributed by atoms with van der Waals surface area (Å²) in [6.07, 6.45) is 11.6. The van der Waals surface area contributed by atoms with E-state index < -0.39 is 11.6 Å². The van der Waals surface area contributed by atoms with Crippen LogP contribution in [0, 0.1) is 23.5 Å². The molecule has 160 valence electrons. The van der Waals surface area contributed by atoms with Crippen molar-refractivity contribution in [3.8, 4) is 11.8 Å². The van der Waals surface area contributed by atoms with E-state index in [4.69, 9.17) is 4.74 Å². The van der Waals surface area contributed by atoms with Gasteiger partial charge in [0.2, 0.25) is 0 Å². The number of hydrogen-bond donors (Lipinski definition) is 0. The van der Waals surface area contributed by atoms with Crippen molar-refractivity contribution < 1.29 is 18.3 Å². The first-order valence-corrected chi connectivity index (χ1v) is 10.3. The molecule has 2 fully saturated rings. The third-order valence-electron chi connectivity index (χ3n) is 5.65. The fourth-order valence-corrected chi connectivity index (χ4v) is 4.20. The molecule has 0 unspecified atom stereocenters. The molecule has 31 heavy (non-hydrogen) atoms. The summed E-state index contributed by atoms with van der Waals surface area (Å²) in [7, 11) is 1.63. The minimum atomic E-state index is -0.584. The molecule has 1 saturated heterocycles. The van der Waals surface area contributed by atoms with E-state index in [2.05, 4.69) is 16.8 Å². The summed E-state index contributed by atoms with van der Waals surface area (Å²) in [5.41, 5.74) is 0.504. The number of aliphatic imine (C=N–C) groups is 1. The smallest absolute Gasteiger partial charge is 0.326 e. The highest BCUT2D eigenvalue weighted by Gasteiger charge is 2.49. The summed E-state index contributed by atoms with van der Waals surface area (Å²) in [4.78, 5) is 21.3. The van der Waals surface area contributed by atoms with Gasteiger partial charge in [-0.15, -0.1) is 0 Å². The Hall–Kier alpha value is -3.24. The Labute approximate surface area is 180 Å². The number of halogens is 2. The van der Waals surface area contributed by atoms with Gasteiger partial charge in [0, 0.05) is 25.4 Å². The summed E-state index contributed by atoms with van der Waals surface area (Å²) in [6, 6.07) is 3.34. The molecule has 3 aliphatic rings. The molecule has 4 rings (SSSR count). The van der Waals surface area contributed by atoms with Gasteiger partial charge < -0.3 is 9.64 Å². The maximum atomic E-state index is 13.8. The van der Waals surface area contributed by atoms with Crippen LogP contribution in [0.15, 0.2) is 59.3 Å². The molecule has 2 aliphatic heterocycles. The monoisotopic (exact) mass is 423 g/mol. The van der Waals surface area contributed by atoms with Crippen molar-refractivity contribution in [3.63, 3.8) is 0 Å². The maximum Gasteiger partial charge on any atom is 0.326 e. The van der Waals surface area contributed by atoms with E-state index in [0.29, 0.717) is 24.6 Å². The van der Waals surface area contributed by atoms with Crippen LogP contribution in [-0.4, -0.2) is 54.0 Å². The van der Waals surface area contributed by atoms with E-state index in [-0.39, 0.29) is 23.7 Å². The molecule has 0 bridgehead atoms. The number of benzene rings is 1. The lowest BCUT2D eigenvalue weighted by Gasteiger charge is -2.22. The van der Waals surface area contributed by atoms with Crippen LogP contribution in [0.2, 0.25) is 0 Å². The number of carbonyl (C=O) groups excluding carboxylic acids is 1. The summed E-state index contributed by atoms with van der Waals surface area (Å²) < 4.78 is 32.4. The van der Waals surface area contributed by atoms with Crippen molar-refractivity contribution in [1.29, 1.82) is 0 Å². The number of carbonyl (C=O) groups is 1. The Morgan fingerprint density at radius 1 is 1.16 bits per heavy atom. The highest BCUT2D eigenvalue weighted by molar-refractivity contribution is 6.06. The number of amides is 2. The molecular formula is C24H23F2N3O2. The normalized spacial score (nSPS) is 25.2. The summed E-state index contributed by atoms with van der Waals surface area (Å²) in [5.74, 6) is 4.89. The fourth-order valence-electron chi connectivity index (χ4n) is 4.20. The molecule has 2 heterocycles. The van der Waals surface area contributed by atoms with Crippen LogP contribution in [-0.2, 0) is 4.74 Å². The van der Waals surface area contributed by atoms with Gasteiger partial charge in [-0.1, -0.05) is 24.0 Å². The third-order valence-corrected chi connectivity index (χ3v) is 5.65. The standard InChI is InChI=1S/C24H23F2N3O2/c1-31-14-13-28-21-6-4-7-22(21)29(24(28)30)23-8-3-2-5-17(16-27-23)9-10-18-15-19(25)11-12-20(18)26/h2-3,5,8,11-12,15-16,21-22H,4,6-7,13-14H2,1H3/b3-2?,5-2+,8-3?,17-5?,17-16+,23-8?,27-16?,27-23?/t21-,22+/m0/s1. The molecule has 1 aliphatic carbocycles. The van der Waals surface area contributed by atoms with Gasteiger partial charge in [0.25, 0.3) is 0 Å². The molecule has 1 saturated carbocycles. The topological polar surface area (TPSA) is 45.1 Å². The first kappa shape index (κ1) is 21.0. The summed E-state index contributed by atoms with van der Waals surface area (Å²) >= 11 is 0. The zero-order valence-electron chi connectivity index (χ0n) is 17.2. The number of allylic oxidation sites excluding steroid dienone is 4. The lowest BCUT2D eigenvalue weighted by Crippen LogP contribution is -2.39. The second kappa shape index (κ2) is 9.27. The van der Waals surface area contributed by atoms with Gasteiger partial charge in [-0.05, 0) is 49.6 Å². The SMILES string of the molecule is COCCN1C(=O)N(C2=N/C=C(C#Cc3cc(F)ccc3F)\C=C\C=C2)[C@@H]2CCC[C@@H]21. The lowest BCUT2D eigenvalue weighted by atomic mass is 10.1. The highest BCUT2D eigenvalue weighted by atomic mass is 19.1. The van der Waals surface area contributed by atoms with Crippen LogP contribution >= 0.6 is 0 Å². The zero-order valence-corrected chi connectivity index (χ0v) is 17.2. The Balaban J connectivity index is 1.60. The molecule has 0 N–H and O–H groups in total. The molecule has 0 radical (unpaired) electrons. The number of urea groups is 1. The minimum absolute atomic E-state index is 0.0200. The van der Waals surface area contributed by atoms with Crippen LogP contribution in [0.4, 0.5) is 13.6 Å². The van der Waals surface area contributed by atoms with Crippen molar-refractivity contribution in [2.24, 2.45) is 4.99 Å². The first-order chi connectivity index (χ1) is 15.1. The van der Waals surface area contributed by atoms with E-state index in [1.54, 1.807) is 42.5 Å². The van der Waals surface area contributed by atoms with Gasteiger partial charge in [-0.3, -0.25) is 4.90 Å². The van der Waals surface area contributed by atoms with Crippen LogP contribution in [0.5, 0.6) is 0 Å². The van der Waals surface area contributed by atoms with Crippen molar-refractivity contribution in [1.82, 2.24) is 9.80 Å². The molecule has 0 aromatic heterocycles. The molecule has 0 spiro atoms. The van der Waals surface area contributed by atoms with Gasteiger partial charge in [-0.2, -0.15) is 0 Å². The predicted octanol–water partition coefficient (Wildman–Crippen LogP) is 4.03. The van der Waals surface area contributed by atoms with Gasteiger partial charge in [0.1, 0.15) is 17.5 Å². The fraction of sp³-hybridized carbons (Fsp3) is 0.333. The second-order valence-corrected chi connectivity index (χ2v) is 7.57. The predicted molar refractivity (Wildman–Crippen MR) is 114 cm³/mol. The van der Waals surface area contributed by atoms with Crippen LogP contribution in [0.25, 0.3) is 0 Å². The number of hydrogen-bond acceptors (Lipinski definition) is 3. The van der Waals surface area contributed by atoms with E-state index in [9.17, 15) is 13.6 Å². The average molecular weight is 423 g/mol. The maximum absolute atomic E-state index is 13.8. The Kier molecular flexibility index (Phi) is 6.28. The van der Waals surface area contributed by atoms with Gasteiger partial charge in [0.05, 0.1) is 24.3 Å². The third kappa shape index (κ3) is 4.44. The van der Waals surface area contributed by atoms with Crippen molar-refractivity contribution in [2.45, 2.75) is 31.3 Å². The number of rotatable bonds is 3. The highest BCUT2D eigenvalue weighted by Crippen LogP contribution is 2.36. The Morgan fingerprint density at radius 3 is 2.81 bits per heavy atom. The van der Waals surface area contributed by atoms with E-state index in [1.165, 1.54) is 0 Å². The molecule has 1 aromatic rings. The molecule has 2 amide bonds. The Bertz CT molecular complexity index is 1050. The van der Waals surface area contributed by atoms with Crippen molar-refractivity contribution >= 4 is 11.9 Å². The van der Waals surface area contributed by atoms with Crippen LogP contribution in [0.1, 0.15) is 24.8 Å². The average Bonchev–Trinajstić information content (AvgIpc) is 3.30. The van der Waals surface area contributed by atoms with Gasteiger partial charge in [0.15, 0.2) is 0 Å². The second-order valence-electron chi connectivity index (χ2n) is 7.57. The quantitative estimate of drug-likeness (QED) is 0.689. The summed E-state index contributed by atoms with van der Waals surface area (Å²) in [5, 5.41) is 0. The first-order valence-electron chi connectivity index (χ1n) is 10.3. The molecular weight excluding hydrogens is 400 g/mol. The molecule has 5 nitrogen and oxygen atoms in total. The molecule has 1 aromatic carbocycles. The van der Waals surface area contributed by atoms with E-state index in [0.717, 1.165) is 37.5 Å². The largest absolute Gasteiger partial charge is 0.383 e. The number of fused-ring (bicyclic) bond motifs is 1. The van der Waals surface area contributed by atoms with E-state index in [1.807, 2.05) is 4.90 Å². The number of nitrogens with zero attached hydrogens (tertiary/aromatic N) is 3. The number of methoxy groups -OCH3 is 1.